The number of rotatable bonds is 2. The number of hydrogen-bond acceptors (Lipinski definition) is 3. The van der Waals surface area contributed by atoms with E-state index in [1.165, 1.54) is 0 Å². The smallest absolute Gasteiger partial charge is 0.179 e. The van der Waals surface area contributed by atoms with Crippen LogP contribution >= 0.6 is 0 Å². The molecule has 0 bridgehead atoms. The van der Waals surface area contributed by atoms with Gasteiger partial charge in [0.2, 0.25) is 0 Å². The first-order chi connectivity index (χ1) is 10.2. The van der Waals surface area contributed by atoms with Crippen LogP contribution in [0.15, 0.2) is 21.9 Å². The summed E-state index contributed by atoms with van der Waals surface area (Å²) in [5.41, 5.74) is 0. The fourth-order valence-electron chi connectivity index (χ4n) is 1.57. The Morgan fingerprint density at radius 2 is 1.00 bits per heavy atom. The average molecular weight is 342 g/mol. The van der Waals surface area contributed by atoms with Crippen molar-refractivity contribution in [2.45, 2.75) is 9.79 Å². The molecule has 118 valence electrons. The summed E-state index contributed by atoms with van der Waals surface area (Å²) in [7, 11) is -3.34. The molecule has 0 aliphatic carbocycles. The second-order valence-corrected chi connectivity index (χ2v) is 5.29. The van der Waals surface area contributed by atoms with E-state index in [-0.39, 0.29) is 12.1 Å². The summed E-state index contributed by atoms with van der Waals surface area (Å²) < 4.78 is 91.6. The van der Waals surface area contributed by atoms with Gasteiger partial charge in [-0.3, -0.25) is 0 Å². The van der Waals surface area contributed by atoms with E-state index in [2.05, 4.69) is 0 Å². The van der Waals surface area contributed by atoms with Gasteiger partial charge in [-0.25, -0.2) is 30.6 Å². The van der Waals surface area contributed by atoms with E-state index in [0.29, 0.717) is 0 Å². The number of phenolic OH excluding ortho intramolecular Hbond substituents is 2. The fraction of sp³-hybridized carbons (Fsp3) is 0. The highest BCUT2D eigenvalue weighted by Crippen LogP contribution is 2.37. The minimum atomic E-state index is -3.34. The molecule has 0 saturated carbocycles. The summed E-state index contributed by atoms with van der Waals surface area (Å²) in [6, 6.07) is -0.151. The molecular formula is C12H4F6O3S. The maximum atomic E-state index is 13.6. The molecule has 10 heteroatoms. The Balaban J connectivity index is 2.80. The molecule has 0 aromatic heterocycles. The number of halogens is 6. The molecule has 0 heterocycles. The minimum Gasteiger partial charge on any atom is -0.504 e. The average Bonchev–Trinajstić information content (AvgIpc) is 2.44. The minimum absolute atomic E-state index is 0.0757. The summed E-state index contributed by atoms with van der Waals surface area (Å²) in [6.07, 6.45) is 0. The van der Waals surface area contributed by atoms with Gasteiger partial charge in [0.15, 0.2) is 46.4 Å². The summed E-state index contributed by atoms with van der Waals surface area (Å²) in [5, 5.41) is 18.6. The zero-order valence-corrected chi connectivity index (χ0v) is 10.9. The van der Waals surface area contributed by atoms with Crippen molar-refractivity contribution in [1.82, 2.24) is 0 Å². The molecule has 2 aromatic rings. The highest BCUT2D eigenvalue weighted by Gasteiger charge is 2.30. The fourth-order valence-corrected chi connectivity index (χ4v) is 2.84. The molecule has 0 radical (unpaired) electrons. The van der Waals surface area contributed by atoms with Crippen LogP contribution in [0.4, 0.5) is 26.3 Å². The van der Waals surface area contributed by atoms with Crippen molar-refractivity contribution < 1.29 is 40.8 Å². The van der Waals surface area contributed by atoms with Gasteiger partial charge in [0.05, 0.1) is 10.8 Å². The van der Waals surface area contributed by atoms with Crippen molar-refractivity contribution >= 4 is 10.8 Å². The van der Waals surface area contributed by atoms with Crippen molar-refractivity contribution in [3.63, 3.8) is 0 Å². The van der Waals surface area contributed by atoms with Gasteiger partial charge < -0.3 is 10.2 Å². The van der Waals surface area contributed by atoms with E-state index in [9.17, 15) is 40.8 Å². The predicted octanol–water partition coefficient (Wildman–Crippen LogP) is 3.10. The van der Waals surface area contributed by atoms with Crippen LogP contribution in [-0.2, 0) is 10.8 Å². The maximum Gasteiger partial charge on any atom is 0.179 e. The first kappa shape index (κ1) is 16.1. The molecule has 0 atom stereocenters. The van der Waals surface area contributed by atoms with E-state index >= 15 is 0 Å². The lowest BCUT2D eigenvalue weighted by Crippen LogP contribution is -2.06. The molecular weight excluding hydrogens is 338 g/mol. The number of benzene rings is 2. The Kier molecular flexibility index (Phi) is 4.05. The van der Waals surface area contributed by atoms with Crippen LogP contribution in [0.2, 0.25) is 0 Å². The van der Waals surface area contributed by atoms with Gasteiger partial charge in [-0.15, -0.1) is 0 Å². The molecule has 2 aromatic carbocycles. The zero-order chi connectivity index (χ0) is 16.8. The molecule has 0 aliphatic heterocycles. The van der Waals surface area contributed by atoms with Crippen LogP contribution in [0.1, 0.15) is 0 Å². The normalized spacial score (nSPS) is 11.2. The van der Waals surface area contributed by atoms with Crippen molar-refractivity contribution in [3.05, 3.63) is 47.0 Å². The quantitative estimate of drug-likeness (QED) is 0.651. The van der Waals surface area contributed by atoms with Gasteiger partial charge in [0.1, 0.15) is 9.79 Å². The largest absolute Gasteiger partial charge is 0.504 e. The molecule has 0 unspecified atom stereocenters. The van der Waals surface area contributed by atoms with E-state index in [4.69, 9.17) is 0 Å². The van der Waals surface area contributed by atoms with E-state index in [0.717, 1.165) is 0 Å². The SMILES string of the molecule is O=S(c1c(O)c(F)cc(F)c1F)c1c(O)c(F)cc(F)c1F. The van der Waals surface area contributed by atoms with Gasteiger partial charge in [-0.2, -0.15) is 0 Å². The van der Waals surface area contributed by atoms with Crippen LogP contribution < -0.4 is 0 Å². The molecule has 0 fully saturated rings. The van der Waals surface area contributed by atoms with Gasteiger partial charge in [0, 0.05) is 12.1 Å². The monoisotopic (exact) mass is 342 g/mol. The molecule has 2 rings (SSSR count). The molecule has 22 heavy (non-hydrogen) atoms. The third-order valence-electron chi connectivity index (χ3n) is 2.58. The van der Waals surface area contributed by atoms with Crippen molar-refractivity contribution in [2.24, 2.45) is 0 Å². The Bertz CT molecular complexity index is 690. The predicted molar refractivity (Wildman–Crippen MR) is 60.6 cm³/mol. The molecule has 0 amide bonds. The zero-order valence-electron chi connectivity index (χ0n) is 10.1. The number of phenols is 2. The van der Waals surface area contributed by atoms with Crippen LogP contribution in [0.5, 0.6) is 11.5 Å². The number of hydrogen-bond donors (Lipinski definition) is 2. The summed E-state index contributed by atoms with van der Waals surface area (Å²) in [6.45, 7) is 0. The third kappa shape index (κ3) is 2.39. The first-order valence-electron chi connectivity index (χ1n) is 5.31. The van der Waals surface area contributed by atoms with E-state index in [1.807, 2.05) is 0 Å². The molecule has 2 N–H and O–H groups in total. The Hall–Kier alpha value is -2.23. The van der Waals surface area contributed by atoms with Gasteiger partial charge in [0.25, 0.3) is 0 Å². The molecule has 0 saturated heterocycles. The molecule has 0 aliphatic rings. The van der Waals surface area contributed by atoms with Gasteiger partial charge in [-0.05, 0) is 0 Å². The van der Waals surface area contributed by atoms with Crippen LogP contribution in [0.3, 0.4) is 0 Å². The Morgan fingerprint density at radius 3 is 1.32 bits per heavy atom. The maximum absolute atomic E-state index is 13.6. The van der Waals surface area contributed by atoms with Crippen molar-refractivity contribution in [1.29, 1.82) is 0 Å². The van der Waals surface area contributed by atoms with Crippen LogP contribution in [-0.4, -0.2) is 14.4 Å². The van der Waals surface area contributed by atoms with Crippen molar-refractivity contribution in [2.75, 3.05) is 0 Å². The lowest BCUT2D eigenvalue weighted by atomic mass is 10.3. The second-order valence-electron chi connectivity index (χ2n) is 3.93. The lowest BCUT2D eigenvalue weighted by Gasteiger charge is -2.11. The summed E-state index contributed by atoms with van der Waals surface area (Å²) in [5.74, 6) is -14.6. The summed E-state index contributed by atoms with van der Waals surface area (Å²) >= 11 is 0. The van der Waals surface area contributed by atoms with E-state index in [1.54, 1.807) is 0 Å². The third-order valence-corrected chi connectivity index (χ3v) is 4.07. The topological polar surface area (TPSA) is 57.5 Å². The number of aromatic hydroxyl groups is 2. The second kappa shape index (κ2) is 5.52. The summed E-state index contributed by atoms with van der Waals surface area (Å²) in [4.78, 5) is -3.20. The lowest BCUT2D eigenvalue weighted by molar-refractivity contribution is 0.384. The van der Waals surface area contributed by atoms with Crippen molar-refractivity contribution in [3.8, 4) is 11.5 Å². The van der Waals surface area contributed by atoms with Crippen LogP contribution in [0.25, 0.3) is 0 Å². The molecule has 3 nitrogen and oxygen atoms in total. The van der Waals surface area contributed by atoms with E-state index < -0.39 is 67.0 Å². The standard InChI is InChI=1S/C12H4F6O3S/c13-3-1-5(15)9(19)11(7(3)17)22(21)12-8(18)4(14)2-6(16)10(12)20/h1-2,19-20H. The van der Waals surface area contributed by atoms with Gasteiger partial charge >= 0.3 is 0 Å². The van der Waals surface area contributed by atoms with Gasteiger partial charge in [-0.1, -0.05) is 0 Å². The molecule has 0 spiro atoms. The Morgan fingerprint density at radius 1 is 0.682 bits per heavy atom. The first-order valence-corrected chi connectivity index (χ1v) is 6.46. The Labute approximate surface area is 120 Å². The highest BCUT2D eigenvalue weighted by molar-refractivity contribution is 7.85. The van der Waals surface area contributed by atoms with Crippen LogP contribution in [0, 0.1) is 34.9 Å². The highest BCUT2D eigenvalue weighted by atomic mass is 32.2.